The Balaban J connectivity index is 3.61. The van der Waals surface area contributed by atoms with Gasteiger partial charge in [-0.05, 0) is 18.3 Å². The summed E-state index contributed by atoms with van der Waals surface area (Å²) in [7, 11) is 3.54. The molecule has 0 heterocycles. The Morgan fingerprint density at radius 1 is 1.38 bits per heavy atom. The maximum atomic E-state index is 11.3. The van der Waals surface area contributed by atoms with Crippen LogP contribution in [-0.2, 0) is 4.79 Å². The second-order valence-electron chi connectivity index (χ2n) is 5.21. The fourth-order valence-electron chi connectivity index (χ4n) is 1.49. The van der Waals surface area contributed by atoms with Crippen molar-refractivity contribution in [2.75, 3.05) is 33.8 Å². The number of aliphatic hydroxyl groups excluding tert-OH is 1. The van der Waals surface area contributed by atoms with Crippen LogP contribution in [0.15, 0.2) is 0 Å². The van der Waals surface area contributed by atoms with Crippen molar-refractivity contribution in [3.8, 4) is 0 Å². The van der Waals surface area contributed by atoms with Crippen molar-refractivity contribution in [1.29, 1.82) is 0 Å². The third-order valence-corrected chi connectivity index (χ3v) is 2.63. The summed E-state index contributed by atoms with van der Waals surface area (Å²) in [4.78, 5) is 12.9. The predicted molar refractivity (Wildman–Crippen MR) is 66.3 cm³/mol. The molecule has 96 valence electrons. The molecule has 0 aromatic heterocycles. The second kappa shape index (κ2) is 7.63. The molecule has 0 saturated heterocycles. The standard InChI is InChI=1S/C12H26N2O2/c1-12(2,7-5-9-15)10-13-8-6-11(16)14(3)4/h13,15H,5-10H2,1-4H3. The molecule has 0 rings (SSSR count). The van der Waals surface area contributed by atoms with Crippen molar-refractivity contribution in [3.05, 3.63) is 0 Å². The van der Waals surface area contributed by atoms with Crippen LogP contribution >= 0.6 is 0 Å². The van der Waals surface area contributed by atoms with Gasteiger partial charge in [0.25, 0.3) is 0 Å². The first kappa shape index (κ1) is 15.4. The van der Waals surface area contributed by atoms with E-state index in [-0.39, 0.29) is 17.9 Å². The molecule has 0 aromatic carbocycles. The molecular formula is C12H26N2O2. The summed E-state index contributed by atoms with van der Waals surface area (Å²) < 4.78 is 0. The maximum Gasteiger partial charge on any atom is 0.223 e. The molecule has 0 radical (unpaired) electrons. The van der Waals surface area contributed by atoms with E-state index in [1.54, 1.807) is 19.0 Å². The summed E-state index contributed by atoms with van der Waals surface area (Å²) in [5.41, 5.74) is 0.184. The van der Waals surface area contributed by atoms with Gasteiger partial charge in [0.15, 0.2) is 0 Å². The Kier molecular flexibility index (Phi) is 7.34. The molecule has 0 bridgehead atoms. The van der Waals surface area contributed by atoms with Crippen LogP contribution < -0.4 is 5.32 Å². The minimum atomic E-state index is 0.153. The molecule has 0 aromatic rings. The lowest BCUT2D eigenvalue weighted by Crippen LogP contribution is -2.33. The van der Waals surface area contributed by atoms with Gasteiger partial charge in [-0.1, -0.05) is 13.8 Å². The van der Waals surface area contributed by atoms with Crippen molar-refractivity contribution in [3.63, 3.8) is 0 Å². The summed E-state index contributed by atoms with van der Waals surface area (Å²) in [5, 5.41) is 12.1. The lowest BCUT2D eigenvalue weighted by Gasteiger charge is -2.24. The zero-order chi connectivity index (χ0) is 12.6. The molecule has 1 amide bonds. The number of hydrogen-bond donors (Lipinski definition) is 2. The van der Waals surface area contributed by atoms with Gasteiger partial charge < -0.3 is 15.3 Å². The van der Waals surface area contributed by atoms with Crippen LogP contribution in [0.5, 0.6) is 0 Å². The monoisotopic (exact) mass is 230 g/mol. The number of amides is 1. The quantitative estimate of drug-likeness (QED) is 0.608. The zero-order valence-electron chi connectivity index (χ0n) is 11.0. The van der Waals surface area contributed by atoms with E-state index in [1.165, 1.54) is 0 Å². The average molecular weight is 230 g/mol. The zero-order valence-corrected chi connectivity index (χ0v) is 11.0. The van der Waals surface area contributed by atoms with Crippen molar-refractivity contribution in [2.24, 2.45) is 5.41 Å². The summed E-state index contributed by atoms with van der Waals surface area (Å²) in [6, 6.07) is 0. The molecule has 0 spiro atoms. The van der Waals surface area contributed by atoms with Gasteiger partial charge in [-0.25, -0.2) is 0 Å². The van der Waals surface area contributed by atoms with Crippen LogP contribution in [0.2, 0.25) is 0 Å². The Hall–Kier alpha value is -0.610. The maximum absolute atomic E-state index is 11.3. The Labute approximate surface area is 99.0 Å². The lowest BCUT2D eigenvalue weighted by molar-refractivity contribution is -0.128. The van der Waals surface area contributed by atoms with Crippen LogP contribution in [0.1, 0.15) is 33.1 Å². The normalized spacial score (nSPS) is 11.6. The van der Waals surface area contributed by atoms with E-state index < -0.39 is 0 Å². The Bertz CT molecular complexity index is 203. The van der Waals surface area contributed by atoms with E-state index >= 15 is 0 Å². The van der Waals surface area contributed by atoms with Gasteiger partial charge in [-0.3, -0.25) is 4.79 Å². The molecule has 0 unspecified atom stereocenters. The first-order valence-corrected chi connectivity index (χ1v) is 5.91. The van der Waals surface area contributed by atoms with Gasteiger partial charge in [-0.2, -0.15) is 0 Å². The van der Waals surface area contributed by atoms with Crippen molar-refractivity contribution >= 4 is 5.91 Å². The highest BCUT2D eigenvalue weighted by molar-refractivity contribution is 5.75. The topological polar surface area (TPSA) is 52.6 Å². The van der Waals surface area contributed by atoms with E-state index in [4.69, 9.17) is 5.11 Å². The molecule has 4 nitrogen and oxygen atoms in total. The first-order chi connectivity index (χ1) is 7.39. The van der Waals surface area contributed by atoms with Crippen LogP contribution in [0.4, 0.5) is 0 Å². The molecular weight excluding hydrogens is 204 g/mol. The van der Waals surface area contributed by atoms with E-state index in [0.717, 1.165) is 25.9 Å². The molecule has 0 saturated carbocycles. The van der Waals surface area contributed by atoms with E-state index in [9.17, 15) is 4.79 Å². The highest BCUT2D eigenvalue weighted by Gasteiger charge is 2.16. The van der Waals surface area contributed by atoms with Gasteiger partial charge in [0, 0.05) is 40.2 Å². The van der Waals surface area contributed by atoms with Gasteiger partial charge >= 0.3 is 0 Å². The summed E-state index contributed by atoms with van der Waals surface area (Å²) in [6.45, 7) is 6.20. The summed E-state index contributed by atoms with van der Waals surface area (Å²) in [6.07, 6.45) is 2.38. The number of aliphatic hydroxyl groups is 1. The second-order valence-corrected chi connectivity index (χ2v) is 5.21. The molecule has 0 fully saturated rings. The molecule has 0 aliphatic carbocycles. The third kappa shape index (κ3) is 7.65. The average Bonchev–Trinajstić information content (AvgIpc) is 2.21. The van der Waals surface area contributed by atoms with Gasteiger partial charge in [0.1, 0.15) is 0 Å². The van der Waals surface area contributed by atoms with E-state index in [0.29, 0.717) is 6.42 Å². The number of nitrogens with zero attached hydrogens (tertiary/aromatic N) is 1. The van der Waals surface area contributed by atoms with Crippen LogP contribution in [0.3, 0.4) is 0 Å². The van der Waals surface area contributed by atoms with Gasteiger partial charge in [0.05, 0.1) is 0 Å². The summed E-state index contributed by atoms with van der Waals surface area (Å²) >= 11 is 0. The van der Waals surface area contributed by atoms with Crippen LogP contribution in [0, 0.1) is 5.41 Å². The minimum Gasteiger partial charge on any atom is -0.396 e. The molecule has 0 aliphatic heterocycles. The molecule has 4 heteroatoms. The van der Waals surface area contributed by atoms with Crippen molar-refractivity contribution in [1.82, 2.24) is 10.2 Å². The molecule has 16 heavy (non-hydrogen) atoms. The summed E-state index contributed by atoms with van der Waals surface area (Å²) in [5.74, 6) is 0.153. The number of carbonyl (C=O) groups is 1. The molecule has 2 N–H and O–H groups in total. The highest BCUT2D eigenvalue weighted by Crippen LogP contribution is 2.20. The van der Waals surface area contributed by atoms with Crippen LogP contribution in [0.25, 0.3) is 0 Å². The lowest BCUT2D eigenvalue weighted by atomic mass is 9.88. The Morgan fingerprint density at radius 2 is 2.00 bits per heavy atom. The van der Waals surface area contributed by atoms with E-state index in [2.05, 4.69) is 19.2 Å². The van der Waals surface area contributed by atoms with Crippen molar-refractivity contribution < 1.29 is 9.90 Å². The molecule has 0 atom stereocenters. The van der Waals surface area contributed by atoms with Crippen molar-refractivity contribution in [2.45, 2.75) is 33.1 Å². The third-order valence-electron chi connectivity index (χ3n) is 2.63. The number of hydrogen-bond acceptors (Lipinski definition) is 3. The SMILES string of the molecule is CN(C)C(=O)CCNCC(C)(C)CCCO. The van der Waals surface area contributed by atoms with Gasteiger partial charge in [-0.15, -0.1) is 0 Å². The molecule has 0 aliphatic rings. The fourth-order valence-corrected chi connectivity index (χ4v) is 1.49. The predicted octanol–water partition coefficient (Wildman–Crippen LogP) is 0.853. The number of rotatable bonds is 8. The highest BCUT2D eigenvalue weighted by atomic mass is 16.2. The number of carbonyl (C=O) groups excluding carboxylic acids is 1. The minimum absolute atomic E-state index is 0.153. The fraction of sp³-hybridized carbons (Fsp3) is 0.917. The number of nitrogens with one attached hydrogen (secondary N) is 1. The smallest absolute Gasteiger partial charge is 0.223 e. The largest absolute Gasteiger partial charge is 0.396 e. The van der Waals surface area contributed by atoms with E-state index in [1.807, 2.05) is 0 Å². The van der Waals surface area contributed by atoms with Gasteiger partial charge in [0.2, 0.25) is 5.91 Å². The Morgan fingerprint density at radius 3 is 2.50 bits per heavy atom. The van der Waals surface area contributed by atoms with Crippen LogP contribution in [-0.4, -0.2) is 49.7 Å². The first-order valence-electron chi connectivity index (χ1n) is 5.91.